The fourth-order valence-corrected chi connectivity index (χ4v) is 2.14. The van der Waals surface area contributed by atoms with Crippen LogP contribution in [0.25, 0.3) is 0 Å². The predicted octanol–water partition coefficient (Wildman–Crippen LogP) is 2.59. The summed E-state index contributed by atoms with van der Waals surface area (Å²) in [6, 6.07) is 8.67. The second kappa shape index (κ2) is 4.78. The standard InChI is InChI=1S/C14H10N2O5/c17-9-2-1-3-10(6-9)21-13-7-11-8(5-14(18)15-11)4-12(13)16(19)20/h1-4,6-7,17H,5H2,(H,15,18). The zero-order valence-corrected chi connectivity index (χ0v) is 10.7. The van der Waals surface area contributed by atoms with Crippen LogP contribution >= 0.6 is 0 Å². The van der Waals surface area contributed by atoms with E-state index in [-0.39, 0.29) is 35.3 Å². The number of fused-ring (bicyclic) bond motifs is 1. The molecular weight excluding hydrogens is 276 g/mol. The normalized spacial score (nSPS) is 12.7. The summed E-state index contributed by atoms with van der Waals surface area (Å²) in [5, 5.41) is 23.1. The number of anilines is 1. The number of nitrogens with one attached hydrogen (secondary N) is 1. The quantitative estimate of drug-likeness (QED) is 0.667. The van der Waals surface area contributed by atoms with E-state index in [1.807, 2.05) is 0 Å². The molecule has 2 N–H and O–H groups in total. The Morgan fingerprint density at radius 1 is 1.29 bits per heavy atom. The third-order valence-electron chi connectivity index (χ3n) is 3.05. The highest BCUT2D eigenvalue weighted by Crippen LogP contribution is 2.38. The van der Waals surface area contributed by atoms with E-state index < -0.39 is 4.92 Å². The van der Waals surface area contributed by atoms with Crippen molar-refractivity contribution in [1.29, 1.82) is 0 Å². The first-order valence-electron chi connectivity index (χ1n) is 6.11. The average Bonchev–Trinajstić information content (AvgIpc) is 2.76. The molecule has 0 spiro atoms. The molecule has 1 heterocycles. The van der Waals surface area contributed by atoms with Gasteiger partial charge in [-0.3, -0.25) is 14.9 Å². The number of phenols is 1. The molecule has 0 atom stereocenters. The minimum absolute atomic E-state index is 0.00606. The van der Waals surface area contributed by atoms with Gasteiger partial charge in [0.15, 0.2) is 0 Å². The zero-order valence-electron chi connectivity index (χ0n) is 10.7. The monoisotopic (exact) mass is 286 g/mol. The molecule has 0 aromatic heterocycles. The Hall–Kier alpha value is -3.09. The maximum absolute atomic E-state index is 11.3. The van der Waals surface area contributed by atoms with Crippen molar-refractivity contribution in [3.63, 3.8) is 0 Å². The highest BCUT2D eigenvalue weighted by molar-refractivity contribution is 5.99. The summed E-state index contributed by atoms with van der Waals surface area (Å²) in [4.78, 5) is 21.9. The Morgan fingerprint density at radius 2 is 2.10 bits per heavy atom. The van der Waals surface area contributed by atoms with Gasteiger partial charge >= 0.3 is 5.69 Å². The number of phenolic OH excluding ortho intramolecular Hbond substituents is 1. The maximum atomic E-state index is 11.3. The third kappa shape index (κ3) is 2.48. The van der Waals surface area contributed by atoms with Crippen LogP contribution < -0.4 is 10.1 Å². The van der Waals surface area contributed by atoms with Crippen molar-refractivity contribution in [3.05, 3.63) is 52.1 Å². The lowest BCUT2D eigenvalue weighted by atomic mass is 10.1. The van der Waals surface area contributed by atoms with E-state index >= 15 is 0 Å². The first-order valence-corrected chi connectivity index (χ1v) is 6.11. The molecule has 2 aromatic rings. The van der Waals surface area contributed by atoms with Crippen LogP contribution in [0.15, 0.2) is 36.4 Å². The van der Waals surface area contributed by atoms with Gasteiger partial charge in [0.25, 0.3) is 0 Å². The van der Waals surface area contributed by atoms with Crippen molar-refractivity contribution in [1.82, 2.24) is 0 Å². The summed E-state index contributed by atoms with van der Waals surface area (Å²) in [6.07, 6.45) is 0.114. The van der Waals surface area contributed by atoms with Crippen molar-refractivity contribution in [2.45, 2.75) is 6.42 Å². The Morgan fingerprint density at radius 3 is 2.81 bits per heavy atom. The SMILES string of the molecule is O=C1Cc2cc([N+](=O)[O-])c(Oc3cccc(O)c3)cc2N1. The number of nitro benzene ring substituents is 1. The number of amides is 1. The lowest BCUT2D eigenvalue weighted by Crippen LogP contribution is -2.03. The smallest absolute Gasteiger partial charge is 0.312 e. The van der Waals surface area contributed by atoms with Crippen molar-refractivity contribution in [2.75, 3.05) is 5.32 Å². The van der Waals surface area contributed by atoms with E-state index in [1.165, 1.54) is 24.3 Å². The van der Waals surface area contributed by atoms with Crippen molar-refractivity contribution in [3.8, 4) is 17.2 Å². The molecule has 1 amide bonds. The minimum atomic E-state index is -0.568. The van der Waals surface area contributed by atoms with Gasteiger partial charge < -0.3 is 15.2 Å². The van der Waals surface area contributed by atoms with Crippen LogP contribution in [0.1, 0.15) is 5.56 Å². The molecule has 0 fully saturated rings. The number of rotatable bonds is 3. The summed E-state index contributed by atoms with van der Waals surface area (Å²) >= 11 is 0. The van der Waals surface area contributed by atoms with E-state index in [9.17, 15) is 20.0 Å². The van der Waals surface area contributed by atoms with Crippen LogP contribution in [0.5, 0.6) is 17.2 Å². The average molecular weight is 286 g/mol. The van der Waals surface area contributed by atoms with Crippen LogP contribution in [0.2, 0.25) is 0 Å². The summed E-state index contributed by atoms with van der Waals surface area (Å²) in [5.74, 6) is 0.0485. The molecule has 7 heteroatoms. The van der Waals surface area contributed by atoms with Gasteiger partial charge in [0.2, 0.25) is 11.7 Å². The van der Waals surface area contributed by atoms with Crippen LogP contribution in [-0.4, -0.2) is 15.9 Å². The molecule has 7 nitrogen and oxygen atoms in total. The lowest BCUT2D eigenvalue weighted by molar-refractivity contribution is -0.385. The molecule has 0 unspecified atom stereocenters. The van der Waals surface area contributed by atoms with Crippen LogP contribution in [0.3, 0.4) is 0 Å². The number of carbonyl (C=O) groups excluding carboxylic acids is 1. The highest BCUT2D eigenvalue weighted by atomic mass is 16.6. The Bertz CT molecular complexity index is 757. The summed E-state index contributed by atoms with van der Waals surface area (Å²) in [5.41, 5.74) is 0.837. The molecule has 106 valence electrons. The third-order valence-corrected chi connectivity index (χ3v) is 3.05. The van der Waals surface area contributed by atoms with Crippen molar-refractivity contribution >= 4 is 17.3 Å². The lowest BCUT2D eigenvalue weighted by Gasteiger charge is -2.08. The van der Waals surface area contributed by atoms with E-state index in [1.54, 1.807) is 12.1 Å². The van der Waals surface area contributed by atoms with E-state index in [4.69, 9.17) is 4.74 Å². The van der Waals surface area contributed by atoms with Gasteiger partial charge in [-0.05, 0) is 17.7 Å². The number of hydrogen-bond acceptors (Lipinski definition) is 5. The van der Waals surface area contributed by atoms with Gasteiger partial charge in [-0.2, -0.15) is 0 Å². The van der Waals surface area contributed by atoms with E-state index in [2.05, 4.69) is 5.32 Å². The number of carbonyl (C=O) groups is 1. The highest BCUT2D eigenvalue weighted by Gasteiger charge is 2.25. The van der Waals surface area contributed by atoms with Crippen molar-refractivity contribution in [2.24, 2.45) is 0 Å². The Labute approximate surface area is 118 Å². The maximum Gasteiger partial charge on any atom is 0.312 e. The molecule has 21 heavy (non-hydrogen) atoms. The fraction of sp³-hybridized carbons (Fsp3) is 0.0714. The molecule has 0 radical (unpaired) electrons. The van der Waals surface area contributed by atoms with Gasteiger partial charge in [-0.25, -0.2) is 0 Å². The van der Waals surface area contributed by atoms with Crippen LogP contribution in [0.4, 0.5) is 11.4 Å². The van der Waals surface area contributed by atoms with Gasteiger partial charge in [0.1, 0.15) is 11.5 Å². The molecule has 0 aliphatic carbocycles. The number of hydrogen-bond donors (Lipinski definition) is 2. The van der Waals surface area contributed by atoms with Gasteiger partial charge in [-0.15, -0.1) is 0 Å². The number of nitrogens with zero attached hydrogens (tertiary/aromatic N) is 1. The molecule has 0 saturated heterocycles. The zero-order chi connectivity index (χ0) is 15.0. The second-order valence-electron chi connectivity index (χ2n) is 4.56. The van der Waals surface area contributed by atoms with Gasteiger partial charge in [-0.1, -0.05) is 6.07 Å². The first-order chi connectivity index (χ1) is 10.0. The Balaban J connectivity index is 2.03. The summed E-state index contributed by atoms with van der Waals surface area (Å²) in [7, 11) is 0. The van der Waals surface area contributed by atoms with Gasteiger partial charge in [0, 0.05) is 23.9 Å². The van der Waals surface area contributed by atoms with Crippen LogP contribution in [-0.2, 0) is 11.2 Å². The molecule has 0 bridgehead atoms. The minimum Gasteiger partial charge on any atom is -0.508 e. The van der Waals surface area contributed by atoms with Gasteiger partial charge in [0.05, 0.1) is 11.3 Å². The molecule has 2 aromatic carbocycles. The van der Waals surface area contributed by atoms with Crippen LogP contribution in [0, 0.1) is 10.1 Å². The molecular formula is C14H10N2O5. The Kier molecular flexibility index (Phi) is 2.94. The first kappa shape index (κ1) is 12.9. The largest absolute Gasteiger partial charge is 0.508 e. The number of aromatic hydroxyl groups is 1. The summed E-state index contributed by atoms with van der Waals surface area (Å²) < 4.78 is 5.46. The number of ether oxygens (including phenoxy) is 1. The fourth-order valence-electron chi connectivity index (χ4n) is 2.14. The summed E-state index contributed by atoms with van der Waals surface area (Å²) in [6.45, 7) is 0. The topological polar surface area (TPSA) is 102 Å². The molecule has 0 saturated carbocycles. The predicted molar refractivity (Wildman–Crippen MR) is 73.6 cm³/mol. The molecule has 1 aliphatic heterocycles. The molecule has 1 aliphatic rings. The number of benzene rings is 2. The molecule has 3 rings (SSSR count). The number of nitro groups is 1. The van der Waals surface area contributed by atoms with E-state index in [0.29, 0.717) is 11.3 Å². The second-order valence-corrected chi connectivity index (χ2v) is 4.56. The van der Waals surface area contributed by atoms with E-state index in [0.717, 1.165) is 0 Å². The van der Waals surface area contributed by atoms with Crippen molar-refractivity contribution < 1.29 is 19.6 Å².